The first kappa shape index (κ1) is 29.5. The Hall–Kier alpha value is -2.51. The van der Waals surface area contributed by atoms with Crippen molar-refractivity contribution in [2.45, 2.75) is 20.0 Å². The zero-order valence-corrected chi connectivity index (χ0v) is 21.6. The third kappa shape index (κ3) is 8.69. The van der Waals surface area contributed by atoms with Crippen LogP contribution >= 0.6 is 24.8 Å². The molecule has 1 saturated heterocycles. The molecule has 34 heavy (non-hydrogen) atoms. The van der Waals surface area contributed by atoms with Crippen molar-refractivity contribution >= 4 is 52.9 Å². The Labute approximate surface area is 214 Å². The van der Waals surface area contributed by atoms with E-state index in [9.17, 15) is 4.79 Å². The number of nitrogens with one attached hydrogen (secondary N) is 1. The predicted molar refractivity (Wildman–Crippen MR) is 146 cm³/mol. The van der Waals surface area contributed by atoms with Gasteiger partial charge in [-0.25, -0.2) is 0 Å². The van der Waals surface area contributed by atoms with E-state index < -0.39 is 0 Å². The number of aliphatic hydroxyl groups excluding tert-OH is 1. The van der Waals surface area contributed by atoms with Crippen molar-refractivity contribution in [3.8, 4) is 5.75 Å². The summed E-state index contributed by atoms with van der Waals surface area (Å²) in [6.07, 6.45) is -0.167. The third-order valence-electron chi connectivity index (χ3n) is 5.24. The Morgan fingerprint density at radius 1 is 0.941 bits per heavy atom. The molecule has 0 saturated carbocycles. The SMILES string of the molecule is CC(C)O.COc1ccc(N2CCN(CC(=O)Nc3cccc4ccccc34)CC2)cc1.Cl.Cl. The second kappa shape index (κ2) is 14.7. The maximum atomic E-state index is 12.6. The summed E-state index contributed by atoms with van der Waals surface area (Å²) in [6, 6.07) is 22.2. The van der Waals surface area contributed by atoms with Crippen molar-refractivity contribution in [2.75, 3.05) is 50.1 Å². The van der Waals surface area contributed by atoms with Gasteiger partial charge in [0.25, 0.3) is 0 Å². The molecule has 6 nitrogen and oxygen atoms in total. The lowest BCUT2D eigenvalue weighted by molar-refractivity contribution is -0.117. The van der Waals surface area contributed by atoms with Crippen molar-refractivity contribution in [3.63, 3.8) is 0 Å². The van der Waals surface area contributed by atoms with Gasteiger partial charge < -0.3 is 20.1 Å². The molecule has 2 N–H and O–H groups in total. The summed E-state index contributed by atoms with van der Waals surface area (Å²) < 4.78 is 5.22. The maximum absolute atomic E-state index is 12.6. The number of piperazine rings is 1. The van der Waals surface area contributed by atoms with Crippen molar-refractivity contribution in [2.24, 2.45) is 0 Å². The predicted octanol–water partition coefficient (Wildman–Crippen LogP) is 4.84. The van der Waals surface area contributed by atoms with Gasteiger partial charge in [0.2, 0.25) is 5.91 Å². The van der Waals surface area contributed by atoms with E-state index in [-0.39, 0.29) is 36.8 Å². The number of ether oxygens (including phenoxy) is 1. The van der Waals surface area contributed by atoms with Gasteiger partial charge in [0.15, 0.2) is 0 Å². The lowest BCUT2D eigenvalue weighted by Crippen LogP contribution is -2.48. The van der Waals surface area contributed by atoms with Crippen molar-refractivity contribution in [1.82, 2.24) is 4.90 Å². The number of fused-ring (bicyclic) bond motifs is 1. The summed E-state index contributed by atoms with van der Waals surface area (Å²) in [5.41, 5.74) is 2.07. The number of amides is 1. The van der Waals surface area contributed by atoms with Gasteiger partial charge in [-0.15, -0.1) is 24.8 Å². The van der Waals surface area contributed by atoms with Crippen LogP contribution in [0.3, 0.4) is 0 Å². The average molecular weight is 508 g/mol. The molecule has 0 radical (unpaired) electrons. The molecule has 8 heteroatoms. The first-order valence-electron chi connectivity index (χ1n) is 11.0. The number of benzene rings is 3. The zero-order chi connectivity index (χ0) is 22.9. The van der Waals surface area contributed by atoms with Gasteiger partial charge in [-0.05, 0) is 49.6 Å². The number of hydrogen-bond acceptors (Lipinski definition) is 5. The molecule has 1 fully saturated rings. The highest BCUT2D eigenvalue weighted by Gasteiger charge is 2.19. The Bertz CT molecular complexity index is 1000. The second-order valence-corrected chi connectivity index (χ2v) is 8.13. The molecule has 0 aliphatic carbocycles. The molecule has 3 aromatic rings. The van der Waals surface area contributed by atoms with Gasteiger partial charge >= 0.3 is 0 Å². The highest BCUT2D eigenvalue weighted by molar-refractivity contribution is 6.02. The minimum atomic E-state index is -0.167. The first-order chi connectivity index (χ1) is 15.5. The molecule has 0 unspecified atom stereocenters. The molecular formula is C26H35Cl2N3O3. The highest BCUT2D eigenvalue weighted by atomic mass is 35.5. The quantitative estimate of drug-likeness (QED) is 0.517. The molecule has 1 amide bonds. The van der Waals surface area contributed by atoms with E-state index in [1.807, 2.05) is 42.5 Å². The summed E-state index contributed by atoms with van der Waals surface area (Å²) in [5.74, 6) is 0.904. The van der Waals surface area contributed by atoms with Crippen LogP contribution in [0.1, 0.15) is 13.8 Å². The number of halogens is 2. The topological polar surface area (TPSA) is 65.0 Å². The third-order valence-corrected chi connectivity index (χ3v) is 5.24. The van der Waals surface area contributed by atoms with E-state index in [1.54, 1.807) is 21.0 Å². The summed E-state index contributed by atoms with van der Waals surface area (Å²) in [6.45, 7) is 7.42. The van der Waals surface area contributed by atoms with Gasteiger partial charge in [-0.2, -0.15) is 0 Å². The minimum absolute atomic E-state index is 0. The molecule has 4 rings (SSSR count). The van der Waals surface area contributed by atoms with E-state index in [0.29, 0.717) is 6.54 Å². The Morgan fingerprint density at radius 2 is 1.53 bits per heavy atom. The zero-order valence-electron chi connectivity index (χ0n) is 19.9. The fourth-order valence-electron chi connectivity index (χ4n) is 3.68. The fraction of sp³-hybridized carbons (Fsp3) is 0.346. The number of rotatable bonds is 5. The average Bonchev–Trinajstić information content (AvgIpc) is 2.79. The highest BCUT2D eigenvalue weighted by Crippen LogP contribution is 2.23. The Kier molecular flexibility index (Phi) is 12.8. The largest absolute Gasteiger partial charge is 0.497 e. The van der Waals surface area contributed by atoms with E-state index >= 15 is 0 Å². The number of nitrogens with zero attached hydrogens (tertiary/aromatic N) is 2. The monoisotopic (exact) mass is 507 g/mol. The van der Waals surface area contributed by atoms with Crippen LogP contribution in [0.15, 0.2) is 66.7 Å². The number of hydrogen-bond donors (Lipinski definition) is 2. The lowest BCUT2D eigenvalue weighted by Gasteiger charge is -2.35. The molecule has 1 heterocycles. The summed E-state index contributed by atoms with van der Waals surface area (Å²) in [7, 11) is 1.68. The van der Waals surface area contributed by atoms with Gasteiger partial charge in [-0.3, -0.25) is 9.69 Å². The molecular weight excluding hydrogens is 473 g/mol. The van der Waals surface area contributed by atoms with Crippen molar-refractivity contribution in [1.29, 1.82) is 0 Å². The number of aliphatic hydroxyl groups is 1. The Morgan fingerprint density at radius 3 is 2.15 bits per heavy atom. The first-order valence-corrected chi connectivity index (χ1v) is 11.0. The molecule has 1 aliphatic heterocycles. The van der Waals surface area contributed by atoms with Gasteiger partial charge in [0.1, 0.15) is 5.75 Å². The molecule has 1 aliphatic rings. The van der Waals surface area contributed by atoms with Gasteiger partial charge in [0, 0.05) is 49.0 Å². The normalized spacial score (nSPS) is 13.3. The standard InChI is InChI=1S/C23H25N3O2.C3H8O.2ClH/c1-28-20-11-9-19(10-12-20)26-15-13-25(14-16-26)17-23(27)24-22-8-4-6-18-5-2-3-7-21(18)22;1-3(2)4;;/h2-12H,13-17H2,1H3,(H,24,27);3-4H,1-2H3;2*1H. The molecule has 0 spiro atoms. The van der Waals surface area contributed by atoms with Crippen LogP contribution in [-0.2, 0) is 4.79 Å². The summed E-state index contributed by atoms with van der Waals surface area (Å²) in [4.78, 5) is 17.1. The van der Waals surface area contributed by atoms with E-state index in [2.05, 4.69) is 39.4 Å². The van der Waals surface area contributed by atoms with E-state index in [1.165, 1.54) is 5.69 Å². The maximum Gasteiger partial charge on any atom is 0.238 e. The molecule has 186 valence electrons. The number of carbonyl (C=O) groups is 1. The Balaban J connectivity index is 0.000000895. The number of carbonyl (C=O) groups excluding carboxylic acids is 1. The van der Waals surface area contributed by atoms with Gasteiger partial charge in [-0.1, -0.05) is 36.4 Å². The van der Waals surface area contributed by atoms with Gasteiger partial charge in [0.05, 0.1) is 13.7 Å². The minimum Gasteiger partial charge on any atom is -0.497 e. The van der Waals surface area contributed by atoms with E-state index in [4.69, 9.17) is 9.84 Å². The molecule has 0 atom stereocenters. The lowest BCUT2D eigenvalue weighted by atomic mass is 10.1. The van der Waals surface area contributed by atoms with E-state index in [0.717, 1.165) is 48.4 Å². The number of anilines is 2. The van der Waals surface area contributed by atoms with Crippen LogP contribution in [0, 0.1) is 0 Å². The smallest absolute Gasteiger partial charge is 0.238 e. The molecule has 0 aromatic heterocycles. The van der Waals surface area contributed by atoms with Crippen molar-refractivity contribution in [3.05, 3.63) is 66.7 Å². The van der Waals surface area contributed by atoms with Crippen LogP contribution in [0.25, 0.3) is 10.8 Å². The summed E-state index contributed by atoms with van der Waals surface area (Å²) >= 11 is 0. The van der Waals surface area contributed by atoms with Crippen LogP contribution in [0.2, 0.25) is 0 Å². The van der Waals surface area contributed by atoms with Crippen molar-refractivity contribution < 1.29 is 14.6 Å². The fourth-order valence-corrected chi connectivity index (χ4v) is 3.68. The second-order valence-electron chi connectivity index (χ2n) is 8.13. The molecule has 3 aromatic carbocycles. The van der Waals surface area contributed by atoms with Crippen LogP contribution < -0.4 is 15.0 Å². The van der Waals surface area contributed by atoms with Crippen LogP contribution in [0.5, 0.6) is 5.75 Å². The number of methoxy groups -OCH3 is 1. The van der Waals surface area contributed by atoms with Crippen LogP contribution in [0.4, 0.5) is 11.4 Å². The summed E-state index contributed by atoms with van der Waals surface area (Å²) in [5, 5.41) is 13.3. The molecule has 0 bridgehead atoms. The van der Waals surface area contributed by atoms with Crippen LogP contribution in [-0.4, -0.2) is 61.9 Å².